The summed E-state index contributed by atoms with van der Waals surface area (Å²) in [6.45, 7) is 6.05. The van der Waals surface area contributed by atoms with Gasteiger partial charge in [-0.05, 0) is 55.8 Å². The minimum absolute atomic E-state index is 0.0315. The van der Waals surface area contributed by atoms with Gasteiger partial charge in [-0.1, -0.05) is 40.9 Å². The van der Waals surface area contributed by atoms with E-state index in [-0.39, 0.29) is 11.7 Å². The molecule has 2 aliphatic heterocycles. The van der Waals surface area contributed by atoms with E-state index >= 15 is 0 Å². The molecule has 2 aromatic carbocycles. The molecule has 2 unspecified atom stereocenters. The van der Waals surface area contributed by atoms with E-state index in [4.69, 9.17) is 34.8 Å². The van der Waals surface area contributed by atoms with Crippen molar-refractivity contribution in [2.45, 2.75) is 19.9 Å². The number of hydrogen-bond acceptors (Lipinski definition) is 4. The molecule has 0 N–H and O–H groups in total. The second-order valence-electron chi connectivity index (χ2n) is 8.81. The van der Waals surface area contributed by atoms with Crippen molar-refractivity contribution in [2.75, 3.05) is 31.1 Å². The van der Waals surface area contributed by atoms with Crippen molar-refractivity contribution in [3.05, 3.63) is 74.6 Å². The largest absolute Gasteiger partial charge is 0.368 e. The van der Waals surface area contributed by atoms with Gasteiger partial charge in [-0.25, -0.2) is 14.1 Å². The van der Waals surface area contributed by atoms with Crippen LogP contribution in [0.1, 0.15) is 24.2 Å². The summed E-state index contributed by atoms with van der Waals surface area (Å²) in [5, 5.41) is 5.93. The second-order valence-corrected chi connectivity index (χ2v) is 10.00. The van der Waals surface area contributed by atoms with Crippen LogP contribution in [-0.4, -0.2) is 52.5 Å². The number of halogens is 4. The van der Waals surface area contributed by atoms with Crippen LogP contribution in [0.15, 0.2) is 47.5 Å². The van der Waals surface area contributed by atoms with E-state index < -0.39 is 12.0 Å². The highest BCUT2D eigenvalue weighted by atomic mass is 35.5. The molecule has 0 saturated carbocycles. The number of carbonyl (C=O) groups is 1. The SMILES string of the molecule is CC1=Nc2c(Cl)c(C)nn2C(c2ccc(Cl)c(Cl)c2)C1C(=O)N1CCN(c2ccc(F)cc2)CC1. The first-order valence-corrected chi connectivity index (χ1v) is 12.4. The molecule has 0 spiro atoms. The van der Waals surface area contributed by atoms with E-state index in [0.717, 1.165) is 11.3 Å². The number of hydrogen-bond donors (Lipinski definition) is 0. The normalized spacial score (nSPS) is 20.0. The summed E-state index contributed by atoms with van der Waals surface area (Å²) >= 11 is 19.0. The Labute approximate surface area is 217 Å². The fourth-order valence-electron chi connectivity index (χ4n) is 4.79. The molecule has 0 aliphatic carbocycles. The Balaban J connectivity index is 1.45. The van der Waals surface area contributed by atoms with Crippen molar-refractivity contribution in [3.63, 3.8) is 0 Å². The summed E-state index contributed by atoms with van der Waals surface area (Å²) in [5.41, 5.74) is 3.05. The molecule has 5 rings (SSSR count). The summed E-state index contributed by atoms with van der Waals surface area (Å²) in [5.74, 6) is -0.345. The number of carbonyl (C=O) groups excluding carboxylic acids is 1. The molecule has 3 heterocycles. The van der Waals surface area contributed by atoms with Gasteiger partial charge in [0, 0.05) is 37.6 Å². The zero-order valence-electron chi connectivity index (χ0n) is 19.2. The highest BCUT2D eigenvalue weighted by Crippen LogP contribution is 2.42. The minimum Gasteiger partial charge on any atom is -0.368 e. The number of piperazine rings is 1. The number of aliphatic imine (C=N–C) groups is 1. The number of rotatable bonds is 3. The van der Waals surface area contributed by atoms with Crippen molar-refractivity contribution in [2.24, 2.45) is 10.9 Å². The third kappa shape index (κ3) is 4.41. The van der Waals surface area contributed by atoms with Gasteiger partial charge >= 0.3 is 0 Å². The predicted molar refractivity (Wildman–Crippen MR) is 138 cm³/mol. The fraction of sp³-hybridized carbons (Fsp3) is 0.320. The van der Waals surface area contributed by atoms with Gasteiger partial charge in [0.15, 0.2) is 5.82 Å². The van der Waals surface area contributed by atoms with E-state index in [2.05, 4.69) is 15.0 Å². The molecule has 2 atom stereocenters. The quantitative estimate of drug-likeness (QED) is 0.417. The average molecular weight is 535 g/mol. The topological polar surface area (TPSA) is 53.7 Å². The lowest BCUT2D eigenvalue weighted by atomic mass is 9.87. The molecular formula is C25H23Cl3FN5O. The van der Waals surface area contributed by atoms with Crippen LogP contribution in [0.2, 0.25) is 15.1 Å². The molecule has 0 bridgehead atoms. The maximum Gasteiger partial charge on any atom is 0.234 e. The first-order valence-electron chi connectivity index (χ1n) is 11.3. The van der Waals surface area contributed by atoms with Crippen molar-refractivity contribution < 1.29 is 9.18 Å². The Morgan fingerprint density at radius 3 is 2.31 bits per heavy atom. The van der Waals surface area contributed by atoms with Crippen molar-refractivity contribution in [3.8, 4) is 0 Å². The van der Waals surface area contributed by atoms with Gasteiger partial charge in [0.25, 0.3) is 0 Å². The van der Waals surface area contributed by atoms with Gasteiger partial charge in [0.2, 0.25) is 5.91 Å². The van der Waals surface area contributed by atoms with Crippen molar-refractivity contribution in [1.29, 1.82) is 0 Å². The maximum atomic E-state index is 13.9. The first kappa shape index (κ1) is 24.1. The van der Waals surface area contributed by atoms with Gasteiger partial charge in [-0.3, -0.25) is 4.79 Å². The molecular weight excluding hydrogens is 512 g/mol. The van der Waals surface area contributed by atoms with Crippen LogP contribution < -0.4 is 4.90 Å². The zero-order valence-corrected chi connectivity index (χ0v) is 21.4. The minimum atomic E-state index is -0.576. The molecule has 0 radical (unpaired) electrons. The lowest BCUT2D eigenvalue weighted by Gasteiger charge is -2.40. The number of fused-ring (bicyclic) bond motifs is 1. The molecule has 1 saturated heterocycles. The molecule has 1 amide bonds. The second kappa shape index (κ2) is 9.45. The van der Waals surface area contributed by atoms with Crippen LogP contribution in [0.5, 0.6) is 0 Å². The monoisotopic (exact) mass is 533 g/mol. The van der Waals surface area contributed by atoms with Crippen LogP contribution >= 0.6 is 34.8 Å². The summed E-state index contributed by atoms with van der Waals surface area (Å²) in [6.07, 6.45) is 0. The van der Waals surface area contributed by atoms with E-state index in [1.807, 2.05) is 24.8 Å². The Bertz CT molecular complexity index is 1320. The molecule has 2 aliphatic rings. The van der Waals surface area contributed by atoms with Crippen LogP contribution in [-0.2, 0) is 4.79 Å². The van der Waals surface area contributed by atoms with Crippen LogP contribution in [0.4, 0.5) is 15.9 Å². The lowest BCUT2D eigenvalue weighted by molar-refractivity contribution is -0.134. The van der Waals surface area contributed by atoms with Gasteiger partial charge in [0.1, 0.15) is 16.8 Å². The zero-order chi connectivity index (χ0) is 24.9. The number of anilines is 1. The maximum absolute atomic E-state index is 13.9. The molecule has 35 heavy (non-hydrogen) atoms. The fourth-order valence-corrected chi connectivity index (χ4v) is 5.27. The predicted octanol–water partition coefficient (Wildman–Crippen LogP) is 5.95. The van der Waals surface area contributed by atoms with Gasteiger partial charge in [-0.2, -0.15) is 5.10 Å². The molecule has 3 aromatic rings. The number of aryl methyl sites for hydroxylation is 1. The number of benzene rings is 2. The Morgan fingerprint density at radius 2 is 1.66 bits per heavy atom. The molecule has 1 aromatic heterocycles. The Morgan fingerprint density at radius 1 is 0.971 bits per heavy atom. The van der Waals surface area contributed by atoms with Gasteiger partial charge in [-0.15, -0.1) is 0 Å². The van der Waals surface area contributed by atoms with E-state index in [1.54, 1.807) is 28.9 Å². The number of amides is 1. The van der Waals surface area contributed by atoms with Crippen molar-refractivity contribution >= 4 is 57.9 Å². The van der Waals surface area contributed by atoms with E-state index in [9.17, 15) is 9.18 Å². The third-order valence-electron chi connectivity index (χ3n) is 6.63. The molecule has 182 valence electrons. The van der Waals surface area contributed by atoms with E-state index in [0.29, 0.717) is 58.5 Å². The molecule has 10 heteroatoms. The summed E-state index contributed by atoms with van der Waals surface area (Å²) in [4.78, 5) is 22.6. The summed E-state index contributed by atoms with van der Waals surface area (Å²) in [6, 6.07) is 11.3. The van der Waals surface area contributed by atoms with Gasteiger partial charge in [0.05, 0.1) is 21.8 Å². The highest BCUT2D eigenvalue weighted by molar-refractivity contribution is 6.42. The molecule has 6 nitrogen and oxygen atoms in total. The standard InChI is InChI=1S/C25H23Cl3FN5O/c1-14-21(25(35)33-11-9-32(10-12-33)18-6-4-17(29)5-7-18)23(16-3-8-19(26)20(27)13-16)34-24(30-14)22(28)15(2)31-34/h3-8,13,21,23H,9-12H2,1-2H3. The van der Waals surface area contributed by atoms with Gasteiger partial charge < -0.3 is 9.80 Å². The summed E-state index contributed by atoms with van der Waals surface area (Å²) < 4.78 is 15.0. The lowest BCUT2D eigenvalue weighted by Crippen LogP contribution is -2.53. The first-order chi connectivity index (χ1) is 16.7. The molecule has 1 fully saturated rings. The van der Waals surface area contributed by atoms with Crippen LogP contribution in [0, 0.1) is 18.7 Å². The number of nitrogens with zero attached hydrogens (tertiary/aromatic N) is 5. The highest BCUT2D eigenvalue weighted by Gasteiger charge is 2.42. The summed E-state index contributed by atoms with van der Waals surface area (Å²) in [7, 11) is 0. The Kier molecular flexibility index (Phi) is 6.51. The average Bonchev–Trinajstić information content (AvgIpc) is 3.13. The Hall–Kier alpha value is -2.61. The third-order valence-corrected chi connectivity index (χ3v) is 7.82. The van der Waals surface area contributed by atoms with E-state index in [1.165, 1.54) is 12.1 Å². The van der Waals surface area contributed by atoms with Crippen LogP contribution in [0.3, 0.4) is 0 Å². The van der Waals surface area contributed by atoms with Crippen LogP contribution in [0.25, 0.3) is 0 Å². The smallest absolute Gasteiger partial charge is 0.234 e. The number of aromatic nitrogens is 2. The van der Waals surface area contributed by atoms with Crippen molar-refractivity contribution in [1.82, 2.24) is 14.7 Å².